The smallest absolute Gasteiger partial charge is 0.339 e. The van der Waals surface area contributed by atoms with E-state index in [0.29, 0.717) is 15.6 Å². The van der Waals surface area contributed by atoms with Crippen molar-refractivity contribution in [1.82, 2.24) is 0 Å². The molecule has 0 unspecified atom stereocenters. The molecule has 174 valence electrons. The molecule has 0 saturated carbocycles. The van der Waals surface area contributed by atoms with Crippen LogP contribution in [0.2, 0.25) is 5.02 Å². The van der Waals surface area contributed by atoms with Crippen LogP contribution in [-0.4, -0.2) is 35.4 Å². The monoisotopic (exact) mass is 498 g/mol. The molecule has 0 bridgehead atoms. The lowest BCUT2D eigenvalue weighted by atomic mass is 9.98. The Bertz CT molecular complexity index is 1290. The largest absolute Gasteiger partial charge is 0.452 e. The lowest BCUT2D eigenvalue weighted by Gasteiger charge is -2.11. The topological polar surface area (TPSA) is 116 Å². The molecule has 0 aliphatic heterocycles. The second-order valence-corrected chi connectivity index (χ2v) is 8.38. The van der Waals surface area contributed by atoms with Crippen LogP contribution < -0.4 is 5.32 Å². The number of anilines is 1. The number of benzene rings is 3. The molecule has 1 amide bonds. The third kappa shape index (κ3) is 5.81. The van der Waals surface area contributed by atoms with Gasteiger partial charge in [-0.2, -0.15) is 0 Å². The van der Waals surface area contributed by atoms with Crippen molar-refractivity contribution >= 4 is 52.4 Å². The first-order chi connectivity index (χ1) is 16.2. The third-order valence-corrected chi connectivity index (χ3v) is 5.86. The van der Waals surface area contributed by atoms with Crippen molar-refractivity contribution < 1.29 is 24.0 Å². The second-order valence-electron chi connectivity index (χ2n) is 7.13. The summed E-state index contributed by atoms with van der Waals surface area (Å²) in [5.41, 5.74) is 1.08. The van der Waals surface area contributed by atoms with Crippen LogP contribution in [0.25, 0.3) is 0 Å². The van der Waals surface area contributed by atoms with E-state index in [1.165, 1.54) is 42.1 Å². The van der Waals surface area contributed by atoms with E-state index in [1.54, 1.807) is 36.6 Å². The number of halogens is 1. The summed E-state index contributed by atoms with van der Waals surface area (Å²) in [4.78, 5) is 49.1. The number of hydrogen-bond acceptors (Lipinski definition) is 7. The van der Waals surface area contributed by atoms with Crippen LogP contribution in [0.4, 0.5) is 11.4 Å². The highest BCUT2D eigenvalue weighted by atomic mass is 35.5. The fourth-order valence-corrected chi connectivity index (χ4v) is 3.93. The van der Waals surface area contributed by atoms with Gasteiger partial charge in [-0.05, 0) is 49.1 Å². The number of nitrogens with one attached hydrogen (secondary N) is 1. The number of nitro benzene ring substituents is 1. The van der Waals surface area contributed by atoms with Crippen LogP contribution in [0.5, 0.6) is 0 Å². The van der Waals surface area contributed by atoms with Crippen LogP contribution in [0, 0.1) is 17.0 Å². The lowest BCUT2D eigenvalue weighted by molar-refractivity contribution is -0.387. The zero-order chi connectivity index (χ0) is 24.8. The van der Waals surface area contributed by atoms with Crippen LogP contribution in [-0.2, 0) is 9.53 Å². The van der Waals surface area contributed by atoms with Crippen molar-refractivity contribution in [2.75, 3.05) is 18.2 Å². The number of aryl methyl sites for hydroxylation is 1. The maximum Gasteiger partial charge on any atom is 0.339 e. The number of thioether (sulfide) groups is 1. The summed E-state index contributed by atoms with van der Waals surface area (Å²) in [6, 6.07) is 15.1. The number of hydrogen-bond donors (Lipinski definition) is 1. The molecule has 3 rings (SSSR count). The highest BCUT2D eigenvalue weighted by Crippen LogP contribution is 2.29. The Labute approximate surface area is 204 Å². The van der Waals surface area contributed by atoms with Crippen molar-refractivity contribution in [3.05, 3.63) is 98.1 Å². The SMILES string of the molecule is CSc1ccc(C(=O)c2ccccc2C(=O)OCC(=O)Nc2ccc(C)cc2Cl)cc1[N+](=O)[O-]. The Balaban J connectivity index is 1.76. The normalized spacial score (nSPS) is 10.4. The van der Waals surface area contributed by atoms with Crippen molar-refractivity contribution in [2.45, 2.75) is 11.8 Å². The minimum absolute atomic E-state index is 0.000636. The molecular formula is C24H19ClN2O6S. The van der Waals surface area contributed by atoms with Crippen molar-refractivity contribution in [3.8, 4) is 0 Å². The van der Waals surface area contributed by atoms with Crippen molar-refractivity contribution in [1.29, 1.82) is 0 Å². The third-order valence-electron chi connectivity index (χ3n) is 4.76. The van der Waals surface area contributed by atoms with Gasteiger partial charge in [0.15, 0.2) is 12.4 Å². The molecule has 0 radical (unpaired) electrons. The number of ether oxygens (including phenoxy) is 1. The summed E-state index contributed by atoms with van der Waals surface area (Å²) in [6.45, 7) is 1.26. The summed E-state index contributed by atoms with van der Waals surface area (Å²) in [6.07, 6.45) is 1.69. The van der Waals surface area contributed by atoms with Gasteiger partial charge in [-0.1, -0.05) is 35.9 Å². The molecule has 0 aliphatic rings. The molecule has 0 fully saturated rings. The first-order valence-corrected chi connectivity index (χ1v) is 11.5. The summed E-state index contributed by atoms with van der Waals surface area (Å²) in [5, 5.41) is 14.2. The Kier molecular flexibility index (Phi) is 8.04. The molecule has 10 heteroatoms. The van der Waals surface area contributed by atoms with Gasteiger partial charge in [0.1, 0.15) is 0 Å². The zero-order valence-corrected chi connectivity index (χ0v) is 19.7. The van der Waals surface area contributed by atoms with E-state index in [2.05, 4.69) is 5.32 Å². The maximum absolute atomic E-state index is 13.1. The zero-order valence-electron chi connectivity index (χ0n) is 18.2. The van der Waals surface area contributed by atoms with Crippen molar-refractivity contribution in [3.63, 3.8) is 0 Å². The first kappa shape index (κ1) is 24.9. The molecule has 1 N–H and O–H groups in total. The van der Waals surface area contributed by atoms with Crippen LogP contribution in [0.1, 0.15) is 31.8 Å². The highest BCUT2D eigenvalue weighted by Gasteiger charge is 2.23. The molecule has 3 aromatic rings. The summed E-state index contributed by atoms with van der Waals surface area (Å²) >= 11 is 7.28. The Morgan fingerprint density at radius 1 is 1.06 bits per heavy atom. The molecule has 0 atom stereocenters. The van der Waals surface area contributed by atoms with Gasteiger partial charge in [0, 0.05) is 17.2 Å². The second kappa shape index (κ2) is 11.0. The Morgan fingerprint density at radius 3 is 2.41 bits per heavy atom. The van der Waals surface area contributed by atoms with Crippen LogP contribution in [0.3, 0.4) is 0 Å². The number of ketones is 1. The molecular weight excluding hydrogens is 480 g/mol. The number of amides is 1. The van der Waals surface area contributed by atoms with Gasteiger partial charge >= 0.3 is 5.97 Å². The highest BCUT2D eigenvalue weighted by molar-refractivity contribution is 7.98. The Morgan fingerprint density at radius 2 is 1.76 bits per heavy atom. The molecule has 0 saturated heterocycles. The maximum atomic E-state index is 13.1. The van der Waals surface area contributed by atoms with Gasteiger partial charge in [-0.25, -0.2) is 4.79 Å². The fraction of sp³-hybridized carbons (Fsp3) is 0.125. The van der Waals surface area contributed by atoms with E-state index >= 15 is 0 Å². The van der Waals surface area contributed by atoms with Gasteiger partial charge in [0.25, 0.3) is 11.6 Å². The standard InChI is InChI=1S/C24H19ClN2O6S/c1-14-7-9-19(18(25)11-14)26-22(28)13-33-24(30)17-6-4-3-5-16(17)23(29)15-8-10-21(34-2)20(12-15)27(31)32/h3-12H,13H2,1-2H3,(H,26,28). The molecule has 8 nitrogen and oxygen atoms in total. The fourth-order valence-electron chi connectivity index (χ4n) is 3.11. The Hall–Kier alpha value is -3.69. The quantitative estimate of drug-likeness (QED) is 0.147. The molecule has 0 spiro atoms. The first-order valence-electron chi connectivity index (χ1n) is 9.90. The minimum Gasteiger partial charge on any atom is -0.452 e. The lowest BCUT2D eigenvalue weighted by Crippen LogP contribution is -2.22. The van der Waals surface area contributed by atoms with E-state index in [-0.39, 0.29) is 22.4 Å². The average molecular weight is 499 g/mol. The van der Waals surface area contributed by atoms with E-state index < -0.39 is 29.2 Å². The predicted molar refractivity (Wildman–Crippen MR) is 130 cm³/mol. The predicted octanol–water partition coefficient (Wildman–Crippen LogP) is 5.31. The number of nitrogens with zero attached hydrogens (tertiary/aromatic N) is 1. The number of carbonyl (C=O) groups is 3. The average Bonchev–Trinajstić information content (AvgIpc) is 2.83. The van der Waals surface area contributed by atoms with E-state index in [1.807, 2.05) is 6.92 Å². The summed E-state index contributed by atoms with van der Waals surface area (Å²) in [5.74, 6) is -2.07. The number of esters is 1. The summed E-state index contributed by atoms with van der Waals surface area (Å²) in [7, 11) is 0. The molecule has 0 heterocycles. The molecule has 3 aromatic carbocycles. The number of carbonyl (C=O) groups excluding carboxylic acids is 3. The van der Waals surface area contributed by atoms with Gasteiger partial charge in [-0.15, -0.1) is 11.8 Å². The van der Waals surface area contributed by atoms with Gasteiger partial charge in [-0.3, -0.25) is 19.7 Å². The minimum atomic E-state index is -0.885. The van der Waals surface area contributed by atoms with Crippen molar-refractivity contribution in [2.24, 2.45) is 0 Å². The summed E-state index contributed by atoms with van der Waals surface area (Å²) < 4.78 is 5.09. The van der Waals surface area contributed by atoms with Crippen LogP contribution in [0.15, 0.2) is 65.6 Å². The van der Waals surface area contributed by atoms with E-state index in [9.17, 15) is 24.5 Å². The van der Waals surface area contributed by atoms with E-state index in [4.69, 9.17) is 16.3 Å². The molecule has 0 aliphatic carbocycles. The molecule has 34 heavy (non-hydrogen) atoms. The van der Waals surface area contributed by atoms with Crippen LogP contribution >= 0.6 is 23.4 Å². The number of rotatable bonds is 8. The molecule has 0 aromatic heterocycles. The van der Waals surface area contributed by atoms with Gasteiger partial charge in [0.05, 0.1) is 26.1 Å². The van der Waals surface area contributed by atoms with E-state index in [0.717, 1.165) is 5.56 Å². The number of nitro groups is 1. The van der Waals surface area contributed by atoms with Gasteiger partial charge in [0.2, 0.25) is 0 Å². The van der Waals surface area contributed by atoms with Gasteiger partial charge < -0.3 is 10.1 Å².